The van der Waals surface area contributed by atoms with Crippen LogP contribution in [-0.4, -0.2) is 60.6 Å². The Kier molecular flexibility index (Phi) is 5.73. The number of amides is 3. The second-order valence-electron chi connectivity index (χ2n) is 6.41. The summed E-state index contributed by atoms with van der Waals surface area (Å²) in [4.78, 5) is 52.6. The third-order valence-corrected chi connectivity index (χ3v) is 4.37. The van der Waals surface area contributed by atoms with Gasteiger partial charge in [-0.1, -0.05) is 6.07 Å². The van der Waals surface area contributed by atoms with Gasteiger partial charge in [-0.05, 0) is 24.6 Å². The Hall–Kier alpha value is -3.15. The van der Waals surface area contributed by atoms with E-state index >= 15 is 0 Å². The summed E-state index contributed by atoms with van der Waals surface area (Å²) in [6, 6.07) is 5.48. The summed E-state index contributed by atoms with van der Waals surface area (Å²) in [5.41, 5.74) is 1.00. The van der Waals surface area contributed by atoms with E-state index in [0.29, 0.717) is 24.5 Å². The maximum atomic E-state index is 12.4. The Morgan fingerprint density at radius 1 is 1.21 bits per heavy atom. The van der Waals surface area contributed by atoms with Crippen LogP contribution in [0.15, 0.2) is 24.3 Å². The largest absolute Gasteiger partial charge is 0.493 e. The number of piperazine rings is 1. The molecule has 2 saturated heterocycles. The van der Waals surface area contributed by atoms with Gasteiger partial charge in [-0.2, -0.15) is 13.2 Å². The van der Waals surface area contributed by atoms with Crippen molar-refractivity contribution in [2.24, 2.45) is 0 Å². The van der Waals surface area contributed by atoms with Crippen molar-refractivity contribution in [1.29, 1.82) is 0 Å². The molecule has 2 N–H and O–H groups in total. The quantitative estimate of drug-likeness (QED) is 0.694. The van der Waals surface area contributed by atoms with Crippen molar-refractivity contribution in [3.8, 4) is 0 Å². The standard InChI is InChI=1S/C17H17F3N4O5/c18-17(19,20)16(28)29-24-13(25)5-4-12(15(24)27)22-10-2-1-3-11(8-10)23-7-6-21-9-14(23)26/h1-3,8,12,21-22H,4-7,9H2. The molecule has 3 amide bonds. The van der Waals surface area contributed by atoms with Crippen molar-refractivity contribution >= 4 is 35.1 Å². The Balaban J connectivity index is 1.72. The summed E-state index contributed by atoms with van der Waals surface area (Å²) >= 11 is 0. The highest BCUT2D eigenvalue weighted by atomic mass is 19.4. The summed E-state index contributed by atoms with van der Waals surface area (Å²) in [5.74, 6) is -4.93. The van der Waals surface area contributed by atoms with Crippen LogP contribution in [-0.2, 0) is 24.0 Å². The van der Waals surface area contributed by atoms with Crippen molar-refractivity contribution in [1.82, 2.24) is 10.4 Å². The number of carbonyl (C=O) groups excluding carboxylic acids is 4. The van der Waals surface area contributed by atoms with E-state index < -0.39 is 30.0 Å². The minimum Gasteiger partial charge on any atom is -0.374 e. The van der Waals surface area contributed by atoms with Crippen LogP contribution in [0.1, 0.15) is 12.8 Å². The first kappa shape index (κ1) is 20.6. The molecule has 9 nitrogen and oxygen atoms in total. The minimum atomic E-state index is -5.34. The molecule has 156 valence electrons. The number of alkyl halides is 3. The molecule has 3 rings (SSSR count). The number of carbonyl (C=O) groups is 4. The zero-order chi connectivity index (χ0) is 21.2. The number of hydrogen-bond donors (Lipinski definition) is 2. The maximum absolute atomic E-state index is 12.4. The highest BCUT2D eigenvalue weighted by Crippen LogP contribution is 2.25. The van der Waals surface area contributed by atoms with Gasteiger partial charge < -0.3 is 20.4 Å². The van der Waals surface area contributed by atoms with E-state index in [1.807, 2.05) is 0 Å². The van der Waals surface area contributed by atoms with Gasteiger partial charge in [0.1, 0.15) is 6.04 Å². The van der Waals surface area contributed by atoms with Crippen LogP contribution in [0, 0.1) is 0 Å². The first-order chi connectivity index (χ1) is 13.7. The fraction of sp³-hybridized carbons (Fsp3) is 0.412. The van der Waals surface area contributed by atoms with E-state index in [4.69, 9.17) is 0 Å². The zero-order valence-electron chi connectivity index (χ0n) is 15.0. The molecule has 0 aromatic heterocycles. The van der Waals surface area contributed by atoms with Crippen molar-refractivity contribution in [3.63, 3.8) is 0 Å². The molecule has 0 bridgehead atoms. The van der Waals surface area contributed by atoms with E-state index in [2.05, 4.69) is 15.5 Å². The number of imide groups is 1. The molecule has 29 heavy (non-hydrogen) atoms. The van der Waals surface area contributed by atoms with Gasteiger partial charge in [0.2, 0.25) is 5.91 Å². The van der Waals surface area contributed by atoms with E-state index in [-0.39, 0.29) is 30.4 Å². The highest BCUT2D eigenvalue weighted by molar-refractivity contribution is 6.01. The predicted octanol–water partition coefficient (Wildman–Crippen LogP) is 0.573. The number of anilines is 2. The third kappa shape index (κ3) is 4.65. The van der Waals surface area contributed by atoms with Crippen LogP contribution >= 0.6 is 0 Å². The lowest BCUT2D eigenvalue weighted by Gasteiger charge is -2.30. The van der Waals surface area contributed by atoms with E-state index in [9.17, 15) is 32.3 Å². The van der Waals surface area contributed by atoms with Crippen LogP contribution in [0.25, 0.3) is 0 Å². The highest BCUT2D eigenvalue weighted by Gasteiger charge is 2.46. The third-order valence-electron chi connectivity index (χ3n) is 4.37. The number of nitrogens with zero attached hydrogens (tertiary/aromatic N) is 2. The first-order valence-electron chi connectivity index (χ1n) is 8.70. The van der Waals surface area contributed by atoms with Gasteiger partial charge in [-0.3, -0.25) is 14.4 Å². The van der Waals surface area contributed by atoms with Gasteiger partial charge in [0.15, 0.2) is 0 Å². The monoisotopic (exact) mass is 414 g/mol. The number of piperidine rings is 1. The fourth-order valence-corrected chi connectivity index (χ4v) is 2.97. The van der Waals surface area contributed by atoms with Crippen LogP contribution in [0.2, 0.25) is 0 Å². The molecule has 1 aromatic rings. The van der Waals surface area contributed by atoms with Crippen LogP contribution < -0.4 is 15.5 Å². The number of benzene rings is 1. The molecule has 2 fully saturated rings. The molecule has 1 unspecified atom stereocenters. The molecule has 0 saturated carbocycles. The molecule has 0 aliphatic carbocycles. The first-order valence-corrected chi connectivity index (χ1v) is 8.70. The molecule has 0 spiro atoms. The summed E-state index contributed by atoms with van der Waals surface area (Å²) < 4.78 is 37.1. The molecule has 2 aliphatic rings. The fourth-order valence-electron chi connectivity index (χ4n) is 2.97. The van der Waals surface area contributed by atoms with Gasteiger partial charge >= 0.3 is 12.1 Å². The summed E-state index contributed by atoms with van der Waals surface area (Å²) in [5, 5.41) is 5.61. The number of halogens is 3. The topological polar surface area (TPSA) is 108 Å². The second-order valence-corrected chi connectivity index (χ2v) is 6.41. The lowest BCUT2D eigenvalue weighted by atomic mass is 10.1. The second kappa shape index (κ2) is 8.07. The van der Waals surface area contributed by atoms with Crippen LogP contribution in [0.3, 0.4) is 0 Å². The van der Waals surface area contributed by atoms with Gasteiger partial charge in [-0.15, -0.1) is 5.06 Å². The Labute approximate surface area is 162 Å². The molecule has 12 heteroatoms. The Bertz CT molecular complexity index is 845. The molecular weight excluding hydrogens is 397 g/mol. The van der Waals surface area contributed by atoms with Gasteiger partial charge in [0.05, 0.1) is 6.54 Å². The molecule has 1 aromatic carbocycles. The SMILES string of the molecule is O=C1CCC(Nc2cccc(N3CCNCC3=O)c2)C(=O)N1OC(=O)C(F)(F)F. The zero-order valence-corrected chi connectivity index (χ0v) is 15.0. The predicted molar refractivity (Wildman–Crippen MR) is 92.3 cm³/mol. The molecular formula is C17H17F3N4O5. The Morgan fingerprint density at radius 2 is 1.97 bits per heavy atom. The lowest BCUT2D eigenvalue weighted by molar-refractivity contribution is -0.237. The summed E-state index contributed by atoms with van der Waals surface area (Å²) in [6.07, 6.45) is -5.62. The molecule has 0 radical (unpaired) electrons. The normalized spacial score (nSPS) is 20.7. The van der Waals surface area contributed by atoms with Crippen molar-refractivity contribution in [3.05, 3.63) is 24.3 Å². The van der Waals surface area contributed by atoms with Crippen molar-refractivity contribution < 1.29 is 37.2 Å². The smallest absolute Gasteiger partial charge is 0.374 e. The Morgan fingerprint density at radius 3 is 2.66 bits per heavy atom. The average Bonchev–Trinajstić information content (AvgIpc) is 2.67. The van der Waals surface area contributed by atoms with E-state index in [1.165, 1.54) is 0 Å². The van der Waals surface area contributed by atoms with Crippen molar-refractivity contribution in [2.45, 2.75) is 25.1 Å². The van der Waals surface area contributed by atoms with Crippen LogP contribution in [0.5, 0.6) is 0 Å². The van der Waals surface area contributed by atoms with Crippen LogP contribution in [0.4, 0.5) is 24.5 Å². The molecule has 2 heterocycles. The number of nitrogens with one attached hydrogen (secondary N) is 2. The molecule has 1 atom stereocenters. The number of hydrogen-bond acceptors (Lipinski definition) is 7. The lowest BCUT2D eigenvalue weighted by Crippen LogP contribution is -2.52. The van der Waals surface area contributed by atoms with E-state index in [0.717, 1.165) is 0 Å². The minimum absolute atomic E-state index is 0.00846. The van der Waals surface area contributed by atoms with Gasteiger partial charge in [0, 0.05) is 30.9 Å². The number of rotatable bonds is 4. The summed E-state index contributed by atoms with van der Waals surface area (Å²) in [7, 11) is 0. The number of hydroxylamine groups is 2. The van der Waals surface area contributed by atoms with Gasteiger partial charge in [0.25, 0.3) is 11.8 Å². The van der Waals surface area contributed by atoms with Crippen molar-refractivity contribution in [2.75, 3.05) is 29.9 Å². The average molecular weight is 414 g/mol. The van der Waals surface area contributed by atoms with E-state index in [1.54, 1.807) is 29.2 Å². The molecule has 2 aliphatic heterocycles. The van der Waals surface area contributed by atoms with Gasteiger partial charge in [-0.25, -0.2) is 4.79 Å². The maximum Gasteiger partial charge on any atom is 0.493 e. The summed E-state index contributed by atoms with van der Waals surface area (Å²) in [6.45, 7) is 1.27.